The van der Waals surface area contributed by atoms with E-state index in [4.69, 9.17) is 24.2 Å². The van der Waals surface area contributed by atoms with Crippen LogP contribution in [0.1, 0.15) is 37.6 Å². The number of amides is 1. The molecule has 1 amide bonds. The second-order valence-corrected chi connectivity index (χ2v) is 9.38. The molecule has 0 bridgehead atoms. The topological polar surface area (TPSA) is 82.6 Å². The molecule has 1 aromatic heterocycles. The van der Waals surface area contributed by atoms with Gasteiger partial charge in [0.25, 0.3) is 0 Å². The molecule has 8 heteroatoms. The van der Waals surface area contributed by atoms with Gasteiger partial charge in [-0.1, -0.05) is 54.2 Å². The summed E-state index contributed by atoms with van der Waals surface area (Å²) >= 11 is 1.40. The Morgan fingerprint density at radius 2 is 1.39 bits per heavy atom. The van der Waals surface area contributed by atoms with Crippen LogP contribution in [0.5, 0.6) is 17.2 Å². The Labute approximate surface area is 227 Å². The van der Waals surface area contributed by atoms with Crippen LogP contribution in [0, 0.1) is 0 Å². The summed E-state index contributed by atoms with van der Waals surface area (Å²) in [6.45, 7) is 7.59. The molecule has 0 aliphatic rings. The summed E-state index contributed by atoms with van der Waals surface area (Å²) in [4.78, 5) is 22.5. The molecule has 0 fully saturated rings. The number of carbonyl (C=O) groups is 1. The highest BCUT2D eigenvalue weighted by Crippen LogP contribution is 2.39. The van der Waals surface area contributed by atoms with Crippen molar-refractivity contribution in [1.82, 2.24) is 15.3 Å². The average molecular weight is 532 g/mol. The fraction of sp³-hybridized carbons (Fsp3) is 0.300. The van der Waals surface area contributed by atoms with Gasteiger partial charge in [-0.05, 0) is 56.2 Å². The first kappa shape index (κ1) is 27.3. The van der Waals surface area contributed by atoms with Crippen LogP contribution >= 0.6 is 11.8 Å². The van der Waals surface area contributed by atoms with Crippen LogP contribution in [0.2, 0.25) is 0 Å². The molecule has 38 heavy (non-hydrogen) atoms. The second-order valence-electron chi connectivity index (χ2n) is 8.41. The lowest BCUT2D eigenvalue weighted by Crippen LogP contribution is -2.24. The van der Waals surface area contributed by atoms with E-state index in [1.807, 2.05) is 75.4 Å². The molecule has 198 valence electrons. The fourth-order valence-corrected chi connectivity index (χ4v) is 4.79. The molecule has 0 saturated heterocycles. The third kappa shape index (κ3) is 7.16. The molecule has 0 spiro atoms. The molecule has 0 saturated carbocycles. The van der Waals surface area contributed by atoms with Gasteiger partial charge in [0.05, 0.1) is 42.3 Å². The van der Waals surface area contributed by atoms with Gasteiger partial charge >= 0.3 is 0 Å². The third-order valence-electron chi connectivity index (χ3n) is 5.62. The number of hydrogen-bond donors (Lipinski definition) is 1. The zero-order valence-electron chi connectivity index (χ0n) is 22.0. The van der Waals surface area contributed by atoms with Gasteiger partial charge in [-0.2, -0.15) is 0 Å². The molecular formula is C30H33N3O4S. The van der Waals surface area contributed by atoms with Crippen LogP contribution in [-0.4, -0.2) is 41.4 Å². The predicted octanol–water partition coefficient (Wildman–Crippen LogP) is 5.83. The highest BCUT2D eigenvalue weighted by molar-refractivity contribution is 7.99. The summed E-state index contributed by atoms with van der Waals surface area (Å²) in [5, 5.41) is 3.77. The van der Waals surface area contributed by atoms with Crippen molar-refractivity contribution < 1.29 is 19.0 Å². The molecule has 1 heterocycles. The minimum absolute atomic E-state index is 0.0968. The lowest BCUT2D eigenvalue weighted by molar-refractivity contribution is -0.118. The monoisotopic (exact) mass is 531 g/mol. The third-order valence-corrected chi connectivity index (χ3v) is 6.63. The van der Waals surface area contributed by atoms with E-state index in [9.17, 15) is 4.79 Å². The summed E-state index contributed by atoms with van der Waals surface area (Å²) in [6.07, 6.45) is 0.648. The Balaban J connectivity index is 1.46. The molecule has 1 N–H and O–H groups in total. The van der Waals surface area contributed by atoms with Crippen molar-refractivity contribution in [1.29, 1.82) is 0 Å². The van der Waals surface area contributed by atoms with Crippen molar-refractivity contribution >= 4 is 28.7 Å². The van der Waals surface area contributed by atoms with E-state index in [2.05, 4.69) is 17.4 Å². The van der Waals surface area contributed by atoms with Gasteiger partial charge in [0, 0.05) is 13.0 Å². The molecule has 0 aliphatic carbocycles. The van der Waals surface area contributed by atoms with Crippen LogP contribution in [0.25, 0.3) is 11.0 Å². The van der Waals surface area contributed by atoms with Crippen molar-refractivity contribution in [2.45, 2.75) is 38.8 Å². The predicted molar refractivity (Wildman–Crippen MR) is 151 cm³/mol. The Kier molecular flexibility index (Phi) is 9.81. The number of nitrogens with zero attached hydrogens (tertiary/aromatic N) is 2. The minimum atomic E-state index is -0.0968. The van der Waals surface area contributed by atoms with E-state index in [0.29, 0.717) is 50.0 Å². The highest BCUT2D eigenvalue weighted by atomic mass is 32.2. The molecular weight excluding hydrogens is 498 g/mol. The number of carbonyl (C=O) groups excluding carboxylic acids is 1. The Bertz CT molecular complexity index is 1340. The number of hydrogen-bond acceptors (Lipinski definition) is 7. The van der Waals surface area contributed by atoms with Gasteiger partial charge in [-0.15, -0.1) is 0 Å². The second kappa shape index (κ2) is 13.7. The molecule has 0 unspecified atom stereocenters. The van der Waals surface area contributed by atoms with Crippen molar-refractivity contribution in [3.8, 4) is 17.2 Å². The highest BCUT2D eigenvalue weighted by Gasteiger charge is 2.16. The number of fused-ring (bicyclic) bond motifs is 1. The van der Waals surface area contributed by atoms with E-state index < -0.39 is 0 Å². The van der Waals surface area contributed by atoms with Crippen LogP contribution < -0.4 is 19.5 Å². The summed E-state index contributed by atoms with van der Waals surface area (Å²) in [6, 6.07) is 21.7. The molecule has 0 atom stereocenters. The average Bonchev–Trinajstić information content (AvgIpc) is 2.93. The summed E-state index contributed by atoms with van der Waals surface area (Å²) in [5.41, 5.74) is 4.54. The summed E-state index contributed by atoms with van der Waals surface area (Å²) < 4.78 is 17.4. The van der Waals surface area contributed by atoms with Crippen LogP contribution in [0.3, 0.4) is 0 Å². The quantitative estimate of drug-likeness (QED) is 0.218. The molecule has 4 aromatic rings. The van der Waals surface area contributed by atoms with Crippen LogP contribution in [0.4, 0.5) is 0 Å². The Morgan fingerprint density at radius 3 is 2.03 bits per heavy atom. The lowest BCUT2D eigenvalue weighted by atomic mass is 10.1. The van der Waals surface area contributed by atoms with E-state index in [1.54, 1.807) is 0 Å². The summed E-state index contributed by atoms with van der Waals surface area (Å²) in [5.74, 6) is 1.93. The largest absolute Gasteiger partial charge is 0.490 e. The zero-order valence-corrected chi connectivity index (χ0v) is 22.8. The maximum atomic E-state index is 12.8. The van der Waals surface area contributed by atoms with Crippen molar-refractivity contribution in [2.24, 2.45) is 0 Å². The Hall–Kier alpha value is -3.78. The van der Waals surface area contributed by atoms with E-state index in [0.717, 1.165) is 32.9 Å². The van der Waals surface area contributed by atoms with Gasteiger partial charge in [0.15, 0.2) is 11.5 Å². The molecule has 0 aliphatic heterocycles. The van der Waals surface area contributed by atoms with E-state index in [-0.39, 0.29) is 11.7 Å². The molecule has 7 nitrogen and oxygen atoms in total. The fourth-order valence-electron chi connectivity index (χ4n) is 3.97. The van der Waals surface area contributed by atoms with Gasteiger partial charge in [0.2, 0.25) is 11.7 Å². The first-order valence-corrected chi connectivity index (χ1v) is 13.8. The standard InChI is InChI=1S/C30H33N3O4S/c1-4-35-26-17-22(18-27(36-5-2)29(26)37-6-3)19-31-28(34)20-38-30-25(16-21-12-8-7-9-13-21)32-23-14-10-11-15-24(23)33-30/h7-15,17-18H,4-6,16,19-20H2,1-3H3,(H,31,34). The van der Waals surface area contributed by atoms with Crippen LogP contribution in [0.15, 0.2) is 71.8 Å². The smallest absolute Gasteiger partial charge is 0.230 e. The zero-order chi connectivity index (χ0) is 26.7. The number of aromatic nitrogens is 2. The van der Waals surface area contributed by atoms with Gasteiger partial charge < -0.3 is 19.5 Å². The molecule has 0 radical (unpaired) electrons. The maximum Gasteiger partial charge on any atom is 0.230 e. The van der Waals surface area contributed by atoms with Crippen molar-refractivity contribution in [3.05, 3.63) is 83.6 Å². The normalized spacial score (nSPS) is 10.8. The minimum Gasteiger partial charge on any atom is -0.490 e. The number of para-hydroxylation sites is 2. The Morgan fingerprint density at radius 1 is 0.789 bits per heavy atom. The molecule has 3 aromatic carbocycles. The van der Waals surface area contributed by atoms with Crippen molar-refractivity contribution in [3.63, 3.8) is 0 Å². The maximum absolute atomic E-state index is 12.8. The summed E-state index contributed by atoms with van der Waals surface area (Å²) in [7, 11) is 0. The first-order valence-electron chi connectivity index (χ1n) is 12.9. The molecule has 4 rings (SSSR count). The SMILES string of the molecule is CCOc1cc(CNC(=O)CSc2nc3ccccc3nc2Cc2ccccc2)cc(OCC)c1OCC. The van der Waals surface area contributed by atoms with Crippen molar-refractivity contribution in [2.75, 3.05) is 25.6 Å². The first-order chi connectivity index (χ1) is 18.6. The number of thioether (sulfide) groups is 1. The van der Waals surface area contributed by atoms with E-state index in [1.165, 1.54) is 11.8 Å². The number of benzene rings is 3. The number of rotatable bonds is 13. The number of ether oxygens (including phenoxy) is 3. The number of nitrogens with one attached hydrogen (secondary N) is 1. The lowest BCUT2D eigenvalue weighted by Gasteiger charge is -2.17. The van der Waals surface area contributed by atoms with Gasteiger partial charge in [-0.25, -0.2) is 9.97 Å². The van der Waals surface area contributed by atoms with E-state index >= 15 is 0 Å². The van der Waals surface area contributed by atoms with Gasteiger partial charge in [-0.3, -0.25) is 4.79 Å². The van der Waals surface area contributed by atoms with Crippen LogP contribution in [-0.2, 0) is 17.8 Å². The van der Waals surface area contributed by atoms with Gasteiger partial charge in [0.1, 0.15) is 5.03 Å².